The Morgan fingerprint density at radius 3 is 2.83 bits per heavy atom. The Kier molecular flexibility index (Phi) is 7.17. The number of unbranched alkanes of at least 4 members (excludes halogenated alkanes) is 3. The van der Waals surface area contributed by atoms with Crippen molar-refractivity contribution in [2.45, 2.75) is 37.1 Å². The maximum atomic E-state index is 10.3. The molecule has 0 aliphatic carbocycles. The Balaban J connectivity index is 2.08. The van der Waals surface area contributed by atoms with Crippen molar-refractivity contribution in [3.8, 4) is 0 Å². The van der Waals surface area contributed by atoms with E-state index in [1.807, 2.05) is 12.3 Å². The van der Waals surface area contributed by atoms with Gasteiger partial charge < -0.3 is 10.4 Å². The molecule has 0 aromatic carbocycles. The van der Waals surface area contributed by atoms with Gasteiger partial charge in [-0.05, 0) is 19.1 Å². The van der Waals surface area contributed by atoms with E-state index < -0.39 is 5.97 Å². The molecule has 0 aliphatic rings. The van der Waals surface area contributed by atoms with Gasteiger partial charge in [-0.15, -0.1) is 11.8 Å². The molecule has 2 N–H and O–H groups in total. The van der Waals surface area contributed by atoms with E-state index in [4.69, 9.17) is 5.11 Å². The van der Waals surface area contributed by atoms with Crippen molar-refractivity contribution < 1.29 is 9.90 Å². The molecule has 0 bridgehead atoms. The van der Waals surface area contributed by atoms with Crippen molar-refractivity contribution in [3.63, 3.8) is 0 Å². The van der Waals surface area contributed by atoms with Crippen LogP contribution in [0.2, 0.25) is 0 Å². The van der Waals surface area contributed by atoms with Crippen molar-refractivity contribution in [2.24, 2.45) is 0 Å². The van der Waals surface area contributed by atoms with E-state index >= 15 is 0 Å². The molecule has 6 heteroatoms. The molecule has 1 aromatic heterocycles. The van der Waals surface area contributed by atoms with Gasteiger partial charge in [0.25, 0.3) is 0 Å². The fourth-order valence-electron chi connectivity index (χ4n) is 1.52. The molecule has 1 aromatic rings. The Bertz CT molecular complexity index is 374. The van der Waals surface area contributed by atoms with Crippen molar-refractivity contribution in [3.05, 3.63) is 12.4 Å². The molecule has 0 unspecified atom stereocenters. The van der Waals surface area contributed by atoms with E-state index in [-0.39, 0.29) is 6.42 Å². The highest BCUT2D eigenvalue weighted by Gasteiger charge is 1.98. The number of rotatable bonds is 9. The maximum absolute atomic E-state index is 10.3. The fraction of sp³-hybridized carbons (Fsp3) is 0.583. The average Bonchev–Trinajstić information content (AvgIpc) is 2.37. The number of nitrogens with one attached hydrogen (secondary N) is 1. The summed E-state index contributed by atoms with van der Waals surface area (Å²) in [6, 6.07) is 1.93. The molecular weight excluding hydrogens is 250 g/mol. The molecule has 0 amide bonds. The largest absolute Gasteiger partial charge is 0.481 e. The van der Waals surface area contributed by atoms with E-state index in [1.54, 1.807) is 18.1 Å². The smallest absolute Gasteiger partial charge is 0.303 e. The summed E-state index contributed by atoms with van der Waals surface area (Å²) in [6.45, 7) is 0.859. The molecule has 0 fully saturated rings. The molecule has 100 valence electrons. The average molecular weight is 269 g/mol. The molecule has 0 saturated carbocycles. The van der Waals surface area contributed by atoms with Crippen LogP contribution in [0.3, 0.4) is 0 Å². The monoisotopic (exact) mass is 269 g/mol. The van der Waals surface area contributed by atoms with Gasteiger partial charge >= 0.3 is 5.97 Å². The van der Waals surface area contributed by atoms with Crippen molar-refractivity contribution in [1.82, 2.24) is 9.97 Å². The van der Waals surface area contributed by atoms with Crippen LogP contribution < -0.4 is 5.32 Å². The van der Waals surface area contributed by atoms with Gasteiger partial charge in [-0.2, -0.15) is 0 Å². The highest BCUT2D eigenvalue weighted by atomic mass is 32.2. The molecule has 0 radical (unpaired) electrons. The molecule has 5 nitrogen and oxygen atoms in total. The minimum absolute atomic E-state index is 0.274. The van der Waals surface area contributed by atoms with E-state index in [9.17, 15) is 4.79 Å². The van der Waals surface area contributed by atoms with Gasteiger partial charge in [0.05, 0.1) is 0 Å². The van der Waals surface area contributed by atoms with Gasteiger partial charge in [0, 0.05) is 19.0 Å². The Morgan fingerprint density at radius 2 is 2.11 bits per heavy atom. The zero-order valence-electron chi connectivity index (χ0n) is 10.6. The van der Waals surface area contributed by atoms with E-state index in [1.165, 1.54) is 0 Å². The normalized spacial score (nSPS) is 10.3. The number of anilines is 1. The molecule has 0 spiro atoms. The minimum Gasteiger partial charge on any atom is -0.481 e. The quantitative estimate of drug-likeness (QED) is 0.408. The van der Waals surface area contributed by atoms with E-state index in [0.29, 0.717) is 0 Å². The van der Waals surface area contributed by atoms with Crippen LogP contribution in [0.15, 0.2) is 17.4 Å². The zero-order valence-corrected chi connectivity index (χ0v) is 11.4. The maximum Gasteiger partial charge on any atom is 0.303 e. The van der Waals surface area contributed by atoms with Crippen LogP contribution in [0.25, 0.3) is 0 Å². The number of aliphatic carboxylic acids is 1. The summed E-state index contributed by atoms with van der Waals surface area (Å²) in [5, 5.41) is 12.7. The van der Waals surface area contributed by atoms with E-state index in [2.05, 4.69) is 15.3 Å². The number of aromatic nitrogens is 2. The van der Waals surface area contributed by atoms with Crippen LogP contribution in [0.1, 0.15) is 32.1 Å². The lowest BCUT2D eigenvalue weighted by molar-refractivity contribution is -0.137. The van der Waals surface area contributed by atoms with Gasteiger partial charge in [-0.3, -0.25) is 4.79 Å². The molecule has 0 atom stereocenters. The number of nitrogens with zero attached hydrogens (tertiary/aromatic N) is 2. The summed E-state index contributed by atoms with van der Waals surface area (Å²) in [5.41, 5.74) is 0. The van der Waals surface area contributed by atoms with Crippen LogP contribution in [0.5, 0.6) is 0 Å². The van der Waals surface area contributed by atoms with Crippen molar-refractivity contribution in [2.75, 3.05) is 18.1 Å². The van der Waals surface area contributed by atoms with Crippen LogP contribution in [-0.4, -0.2) is 33.8 Å². The highest BCUT2D eigenvalue weighted by Crippen LogP contribution is 2.13. The lowest BCUT2D eigenvalue weighted by atomic mass is 10.1. The van der Waals surface area contributed by atoms with Gasteiger partial charge in [0.1, 0.15) is 17.2 Å². The Hall–Kier alpha value is -1.30. The first-order valence-corrected chi connectivity index (χ1v) is 7.26. The first-order chi connectivity index (χ1) is 8.72. The third-order valence-corrected chi connectivity index (χ3v) is 3.12. The Morgan fingerprint density at radius 1 is 1.33 bits per heavy atom. The van der Waals surface area contributed by atoms with Crippen molar-refractivity contribution in [1.29, 1.82) is 0 Å². The number of carboxylic acids is 1. The van der Waals surface area contributed by atoms with Gasteiger partial charge in [0.15, 0.2) is 0 Å². The highest BCUT2D eigenvalue weighted by molar-refractivity contribution is 7.98. The molecule has 18 heavy (non-hydrogen) atoms. The first kappa shape index (κ1) is 14.8. The Labute approximate surface area is 111 Å². The third-order valence-electron chi connectivity index (χ3n) is 2.47. The molecule has 0 saturated heterocycles. The number of hydrogen-bond acceptors (Lipinski definition) is 5. The number of hydrogen-bond donors (Lipinski definition) is 2. The predicted molar refractivity (Wildman–Crippen MR) is 73.0 cm³/mol. The second kappa shape index (κ2) is 8.74. The standard InChI is InChI=1S/C12H19N3O2S/c1-18-11-8-10(14-9-15-11)13-7-5-3-2-4-6-12(16)17/h8-9H,2-7H2,1H3,(H,16,17)(H,13,14,15). The summed E-state index contributed by atoms with van der Waals surface area (Å²) in [4.78, 5) is 18.5. The summed E-state index contributed by atoms with van der Waals surface area (Å²) < 4.78 is 0. The molecule has 1 heterocycles. The second-order valence-electron chi connectivity index (χ2n) is 3.93. The number of thioether (sulfide) groups is 1. The minimum atomic E-state index is -0.710. The summed E-state index contributed by atoms with van der Waals surface area (Å²) >= 11 is 1.59. The van der Waals surface area contributed by atoms with Crippen LogP contribution >= 0.6 is 11.8 Å². The lowest BCUT2D eigenvalue weighted by Crippen LogP contribution is -2.03. The fourth-order valence-corrected chi connectivity index (χ4v) is 1.90. The zero-order chi connectivity index (χ0) is 13.2. The van der Waals surface area contributed by atoms with Crippen molar-refractivity contribution >= 4 is 23.5 Å². The van der Waals surface area contributed by atoms with Crippen LogP contribution in [0.4, 0.5) is 5.82 Å². The first-order valence-electron chi connectivity index (χ1n) is 6.04. The SMILES string of the molecule is CSc1cc(NCCCCCCC(=O)O)ncn1. The van der Waals surface area contributed by atoms with Gasteiger partial charge in [0.2, 0.25) is 0 Å². The number of carboxylic acid groups (broad SMARTS) is 1. The summed E-state index contributed by atoms with van der Waals surface area (Å²) in [7, 11) is 0. The van der Waals surface area contributed by atoms with Gasteiger partial charge in [-0.1, -0.05) is 12.8 Å². The second-order valence-corrected chi connectivity index (χ2v) is 4.76. The summed E-state index contributed by atoms with van der Waals surface area (Å²) in [5.74, 6) is 0.138. The topological polar surface area (TPSA) is 75.1 Å². The van der Waals surface area contributed by atoms with Crippen LogP contribution in [-0.2, 0) is 4.79 Å². The third kappa shape index (κ3) is 6.44. The number of carbonyl (C=O) groups is 1. The van der Waals surface area contributed by atoms with Crippen LogP contribution in [0, 0.1) is 0 Å². The summed E-state index contributed by atoms with van der Waals surface area (Å²) in [6.07, 6.45) is 7.61. The van der Waals surface area contributed by atoms with Gasteiger partial charge in [-0.25, -0.2) is 9.97 Å². The molecular formula is C12H19N3O2S. The molecule has 0 aliphatic heterocycles. The molecule has 1 rings (SSSR count). The van der Waals surface area contributed by atoms with E-state index in [0.717, 1.165) is 43.1 Å². The lowest BCUT2D eigenvalue weighted by Gasteiger charge is -2.05. The predicted octanol–water partition coefficient (Wildman–Crippen LogP) is 2.65.